The Morgan fingerprint density at radius 2 is 1.62 bits per heavy atom. The van der Waals surface area contributed by atoms with Gasteiger partial charge in [-0.15, -0.1) is 0 Å². The molecule has 0 spiro atoms. The van der Waals surface area contributed by atoms with Crippen LogP contribution in [0.1, 0.15) is 32.3 Å². The van der Waals surface area contributed by atoms with Gasteiger partial charge in [0.05, 0.1) is 22.3 Å². The summed E-state index contributed by atoms with van der Waals surface area (Å²) < 4.78 is 26.8. The molecular weight excluding hydrogens is 358 g/mol. The fourth-order valence-electron chi connectivity index (χ4n) is 1.48. The van der Waals surface area contributed by atoms with Crippen molar-refractivity contribution in [1.29, 1.82) is 0 Å². The van der Waals surface area contributed by atoms with E-state index in [-0.39, 0.29) is 0 Å². The topological polar surface area (TPSA) is 145 Å². The average Bonchev–Trinajstić information content (AvgIpc) is 2.44. The van der Waals surface area contributed by atoms with Gasteiger partial charge in [0.1, 0.15) is 0 Å². The van der Waals surface area contributed by atoms with Crippen LogP contribution < -0.4 is 19.6 Å². The van der Waals surface area contributed by atoms with Crippen molar-refractivity contribution in [2.24, 2.45) is 0 Å². The molecule has 0 saturated carbocycles. The molecule has 0 fully saturated rings. The molecule has 10 heteroatoms. The quantitative estimate of drug-likeness (QED) is 0.363. The van der Waals surface area contributed by atoms with Gasteiger partial charge in [-0.2, -0.15) is 0 Å². The lowest BCUT2D eigenvalue weighted by atomic mass is 10.2. The molecule has 24 heavy (non-hydrogen) atoms. The minimum atomic E-state index is -5.68. The van der Waals surface area contributed by atoms with Gasteiger partial charge in [-0.3, -0.25) is 0 Å². The average molecular weight is 378 g/mol. The van der Waals surface area contributed by atoms with Crippen LogP contribution in [0.25, 0.3) is 0 Å². The van der Waals surface area contributed by atoms with Crippen LogP contribution in [0, 0.1) is 0 Å². The monoisotopic (exact) mass is 378 g/mol. The first-order chi connectivity index (χ1) is 11.0. The molecule has 8 nitrogen and oxygen atoms in total. The fourth-order valence-corrected chi connectivity index (χ4v) is 2.46. The summed E-state index contributed by atoms with van der Waals surface area (Å²) in [6, 6.07) is 10.3. The molecule has 0 aromatic heterocycles. The van der Waals surface area contributed by atoms with Crippen molar-refractivity contribution < 1.29 is 37.8 Å². The third-order valence-corrected chi connectivity index (χ3v) is 4.26. The van der Waals surface area contributed by atoms with E-state index in [0.29, 0.717) is 0 Å². The third-order valence-electron chi connectivity index (χ3n) is 2.66. The molecule has 0 saturated heterocycles. The third kappa shape index (κ3) is 16.1. The van der Waals surface area contributed by atoms with Crippen LogP contribution in [0.2, 0.25) is 0 Å². The van der Waals surface area contributed by atoms with Gasteiger partial charge in [0, 0.05) is 6.61 Å². The lowest BCUT2D eigenvalue weighted by molar-refractivity contribution is -0.364. The van der Waals surface area contributed by atoms with Gasteiger partial charge in [-0.25, -0.2) is 0 Å². The number of hydrogen-bond acceptors (Lipinski definition) is 8. The second-order valence-corrected chi connectivity index (χ2v) is 7.19. The number of benzene rings is 1. The highest BCUT2D eigenvalue weighted by atomic mass is 31.3. The minimum absolute atomic E-state index is 0.732. The summed E-state index contributed by atoms with van der Waals surface area (Å²) in [7, 11) is -11.4. The summed E-state index contributed by atoms with van der Waals surface area (Å²) in [4.78, 5) is 37.3. The van der Waals surface area contributed by atoms with Crippen LogP contribution in [-0.4, -0.2) is 6.61 Å². The zero-order valence-corrected chi connectivity index (χ0v) is 15.2. The van der Waals surface area contributed by atoms with Crippen molar-refractivity contribution in [3.05, 3.63) is 47.5 Å². The zero-order chi connectivity index (χ0) is 18.6. The smallest absolute Gasteiger partial charge is 0.0716 e. The summed E-state index contributed by atoms with van der Waals surface area (Å²) >= 11 is 0. The molecule has 1 aromatic carbocycles. The number of rotatable bonds is 8. The van der Waals surface area contributed by atoms with E-state index in [1.165, 1.54) is 11.1 Å². The van der Waals surface area contributed by atoms with E-state index in [2.05, 4.69) is 36.4 Å². The van der Waals surface area contributed by atoms with Crippen LogP contribution in [0.5, 0.6) is 0 Å². The standard InChI is InChI=1S/C14H20O.H4O7P2/c1-3-13(2)8-7-11-15-12-14-9-5-4-6-10-14;1-8(2,3)7-9(4,5)6/h3-6,9-10H,7-8,11-12H2,1-2H3;(H2,1,2,3)(H2,4,5,6)/p-4/b13-3+;. The molecule has 0 amide bonds. The summed E-state index contributed by atoms with van der Waals surface area (Å²) in [5.74, 6) is 0. The van der Waals surface area contributed by atoms with Gasteiger partial charge >= 0.3 is 0 Å². The highest BCUT2D eigenvalue weighted by Crippen LogP contribution is 2.42. The van der Waals surface area contributed by atoms with E-state index >= 15 is 0 Å². The maximum absolute atomic E-state index is 9.32. The highest BCUT2D eigenvalue weighted by Gasteiger charge is 1.93. The van der Waals surface area contributed by atoms with Gasteiger partial charge in [-0.1, -0.05) is 42.0 Å². The molecule has 0 atom stereocenters. The van der Waals surface area contributed by atoms with E-state index in [1.54, 1.807) is 0 Å². The Kier molecular flexibility index (Phi) is 11.3. The van der Waals surface area contributed by atoms with Crippen LogP contribution in [0.4, 0.5) is 0 Å². The van der Waals surface area contributed by atoms with E-state index in [1.807, 2.05) is 18.2 Å². The molecule has 0 aliphatic heterocycles. The van der Waals surface area contributed by atoms with Crippen molar-refractivity contribution in [2.75, 3.05) is 6.61 Å². The van der Waals surface area contributed by atoms with E-state index < -0.39 is 15.6 Å². The molecule has 0 aliphatic carbocycles. The first-order valence-electron chi connectivity index (χ1n) is 7.02. The van der Waals surface area contributed by atoms with E-state index in [9.17, 15) is 28.7 Å². The molecule has 0 aliphatic rings. The first-order valence-corrected chi connectivity index (χ1v) is 9.94. The van der Waals surface area contributed by atoms with Gasteiger partial charge in [-0.05, 0) is 32.3 Å². The Bertz CT molecular complexity index is 556. The Morgan fingerprint density at radius 1 is 1.08 bits per heavy atom. The predicted octanol–water partition coefficient (Wildman–Crippen LogP) is 0.610. The lowest BCUT2D eigenvalue weighted by Gasteiger charge is -2.39. The molecule has 1 aromatic rings. The summed E-state index contributed by atoms with van der Waals surface area (Å²) in [6.45, 7) is 5.83. The molecule has 0 unspecified atom stereocenters. The van der Waals surface area contributed by atoms with Crippen LogP contribution in [0.15, 0.2) is 42.0 Å². The predicted molar refractivity (Wildman–Crippen MR) is 81.1 cm³/mol. The lowest BCUT2D eigenvalue weighted by Crippen LogP contribution is -2.23. The summed E-state index contributed by atoms with van der Waals surface area (Å²) in [5.41, 5.74) is 2.69. The molecule has 0 heterocycles. The molecule has 0 N–H and O–H groups in total. The number of ether oxygens (including phenoxy) is 1. The largest absolute Gasteiger partial charge is 0.790 e. The van der Waals surface area contributed by atoms with Crippen molar-refractivity contribution in [3.8, 4) is 0 Å². The first kappa shape index (κ1) is 23.2. The second kappa shape index (κ2) is 11.7. The van der Waals surface area contributed by atoms with Crippen LogP contribution in [0.3, 0.4) is 0 Å². The summed E-state index contributed by atoms with van der Waals surface area (Å²) in [5, 5.41) is 0. The Labute approximate surface area is 141 Å². The van der Waals surface area contributed by atoms with E-state index in [0.717, 1.165) is 26.1 Å². The van der Waals surface area contributed by atoms with Gasteiger partial charge in [0.2, 0.25) is 0 Å². The zero-order valence-electron chi connectivity index (χ0n) is 13.5. The second-order valence-electron chi connectivity index (χ2n) is 4.75. The van der Waals surface area contributed by atoms with E-state index in [4.69, 9.17) is 4.74 Å². The molecule has 1 rings (SSSR count). The molecule has 0 radical (unpaired) electrons. The van der Waals surface area contributed by atoms with Gasteiger partial charge in [0.25, 0.3) is 0 Å². The van der Waals surface area contributed by atoms with Crippen molar-refractivity contribution in [3.63, 3.8) is 0 Å². The molecule has 0 bridgehead atoms. The van der Waals surface area contributed by atoms with Gasteiger partial charge in [0.15, 0.2) is 0 Å². The van der Waals surface area contributed by atoms with Crippen molar-refractivity contribution >= 4 is 15.6 Å². The number of phosphoric acid groups is 2. The Morgan fingerprint density at radius 3 is 2.04 bits per heavy atom. The number of allylic oxidation sites excluding steroid dienone is 2. The maximum atomic E-state index is 9.32. The number of hydrogen-bond donors (Lipinski definition) is 0. The molecular formula is C14H20O8P2-4. The molecule has 138 valence electrons. The summed E-state index contributed by atoms with van der Waals surface area (Å²) in [6.07, 6.45) is 4.42. The Balaban J connectivity index is 0.000000506. The van der Waals surface area contributed by atoms with Crippen molar-refractivity contribution in [2.45, 2.75) is 33.3 Å². The van der Waals surface area contributed by atoms with Crippen LogP contribution >= 0.6 is 15.6 Å². The SMILES string of the molecule is C/C=C(\C)CCCOCc1ccccc1.O=P([O-])([O-])OP(=O)([O-])[O-]. The highest BCUT2D eigenvalue weighted by molar-refractivity contribution is 7.57. The Hall–Kier alpha value is -0.820. The van der Waals surface area contributed by atoms with Crippen molar-refractivity contribution in [1.82, 2.24) is 0 Å². The fraction of sp³-hybridized carbons (Fsp3) is 0.429. The van der Waals surface area contributed by atoms with Gasteiger partial charge < -0.3 is 37.8 Å². The normalized spacial score (nSPS) is 12.5. The van der Waals surface area contributed by atoms with Crippen LogP contribution in [-0.2, 0) is 24.8 Å². The minimum Gasteiger partial charge on any atom is -0.790 e. The maximum Gasteiger partial charge on any atom is 0.0716 e.